The van der Waals surface area contributed by atoms with Gasteiger partial charge in [-0.05, 0) is 133 Å². The number of benzene rings is 2. The van der Waals surface area contributed by atoms with E-state index in [0.717, 1.165) is 67.6 Å². The second kappa shape index (κ2) is 15.2. The number of amides is 2. The minimum absolute atomic E-state index is 0.0323. The normalized spacial score (nSPS) is 21.7. The Morgan fingerprint density at radius 1 is 0.957 bits per heavy atom. The first-order chi connectivity index (χ1) is 22.1. The second-order valence-corrected chi connectivity index (χ2v) is 13.9. The molecule has 2 amide bonds. The smallest absolute Gasteiger partial charge is 0.407 e. The lowest BCUT2D eigenvalue weighted by Crippen LogP contribution is -2.42. The van der Waals surface area contributed by atoms with Crippen LogP contribution in [-0.4, -0.2) is 47.6 Å². The topological polar surface area (TPSA) is 85.7 Å². The molecule has 0 atom stereocenters. The molecule has 1 heterocycles. The van der Waals surface area contributed by atoms with Gasteiger partial charge in [-0.3, -0.25) is 9.48 Å². The van der Waals surface area contributed by atoms with Crippen LogP contribution < -0.4 is 15.0 Å². The molecule has 1 aromatic heterocycles. The van der Waals surface area contributed by atoms with Gasteiger partial charge >= 0.3 is 6.09 Å². The standard InChI is InChI=1S/C38H52N4O4/c1-25(2)40-38(44)46-35-17-14-30(15-18-35)37(43)41(34-9-7-8-31(21-34)33-22-39-42(24-33)26(3)4)23-28-10-12-29(13-11-28)32-16-19-36(45-6)27(5)20-32/h7-9,16,19-22,24-26,28-30,35H,10-15,17-18,23H2,1-6H3,(H,40,44). The zero-order chi connectivity index (χ0) is 32.8. The fourth-order valence-electron chi connectivity index (χ4n) is 7.11. The molecule has 8 nitrogen and oxygen atoms in total. The Bertz CT molecular complexity index is 1460. The van der Waals surface area contributed by atoms with Crippen LogP contribution in [0.1, 0.15) is 102 Å². The number of alkyl carbamates (subject to hydrolysis) is 1. The summed E-state index contributed by atoms with van der Waals surface area (Å²) in [4.78, 5) is 28.6. The number of nitrogens with zero attached hydrogens (tertiary/aromatic N) is 3. The molecule has 0 spiro atoms. The van der Waals surface area contributed by atoms with Crippen LogP contribution in [0.15, 0.2) is 54.9 Å². The summed E-state index contributed by atoms with van der Waals surface area (Å²) in [7, 11) is 1.72. The highest BCUT2D eigenvalue weighted by Crippen LogP contribution is 2.39. The summed E-state index contributed by atoms with van der Waals surface area (Å²) >= 11 is 0. The lowest BCUT2D eigenvalue weighted by Gasteiger charge is -2.36. The minimum Gasteiger partial charge on any atom is -0.496 e. The molecule has 2 fully saturated rings. The van der Waals surface area contributed by atoms with Crippen molar-refractivity contribution >= 4 is 17.7 Å². The van der Waals surface area contributed by atoms with Crippen molar-refractivity contribution in [1.82, 2.24) is 15.1 Å². The van der Waals surface area contributed by atoms with Gasteiger partial charge in [0, 0.05) is 42.0 Å². The van der Waals surface area contributed by atoms with E-state index in [2.05, 4.69) is 84.7 Å². The van der Waals surface area contributed by atoms with E-state index in [-0.39, 0.29) is 36.1 Å². The molecule has 2 aliphatic carbocycles. The molecule has 3 aromatic rings. The highest BCUT2D eigenvalue weighted by Gasteiger charge is 2.34. The van der Waals surface area contributed by atoms with Gasteiger partial charge in [-0.2, -0.15) is 5.10 Å². The molecule has 2 aromatic carbocycles. The predicted molar refractivity (Wildman–Crippen MR) is 183 cm³/mol. The fourth-order valence-corrected chi connectivity index (χ4v) is 7.11. The Hall–Kier alpha value is -3.81. The molecule has 5 rings (SSSR count). The number of carbonyl (C=O) groups excluding carboxylic acids is 2. The van der Waals surface area contributed by atoms with Gasteiger partial charge < -0.3 is 19.7 Å². The van der Waals surface area contributed by atoms with E-state index < -0.39 is 0 Å². The second-order valence-electron chi connectivity index (χ2n) is 13.9. The maximum Gasteiger partial charge on any atom is 0.407 e. The number of nitrogens with one attached hydrogen (secondary N) is 1. The Balaban J connectivity index is 1.30. The lowest BCUT2D eigenvalue weighted by molar-refractivity contribution is -0.124. The van der Waals surface area contributed by atoms with Crippen molar-refractivity contribution in [1.29, 1.82) is 0 Å². The molecule has 0 saturated heterocycles. The number of hydrogen-bond acceptors (Lipinski definition) is 5. The maximum atomic E-state index is 14.3. The maximum absolute atomic E-state index is 14.3. The number of methoxy groups -OCH3 is 1. The van der Waals surface area contributed by atoms with Gasteiger partial charge in [-0.15, -0.1) is 0 Å². The number of aryl methyl sites for hydroxylation is 1. The molecule has 2 saturated carbocycles. The Labute approximate surface area is 274 Å². The third-order valence-electron chi connectivity index (χ3n) is 9.77. The van der Waals surface area contributed by atoms with E-state index in [9.17, 15) is 9.59 Å². The molecule has 1 N–H and O–H groups in total. The third-order valence-corrected chi connectivity index (χ3v) is 9.77. The van der Waals surface area contributed by atoms with Gasteiger partial charge in [0.05, 0.1) is 13.3 Å². The van der Waals surface area contributed by atoms with Crippen molar-refractivity contribution in [2.45, 2.75) is 110 Å². The summed E-state index contributed by atoms with van der Waals surface area (Å²) in [5.41, 5.74) is 5.63. The van der Waals surface area contributed by atoms with Crippen LogP contribution in [0.4, 0.5) is 10.5 Å². The summed E-state index contributed by atoms with van der Waals surface area (Å²) in [6, 6.07) is 15.3. The number of aromatic nitrogens is 2. The minimum atomic E-state index is -0.371. The van der Waals surface area contributed by atoms with Crippen molar-refractivity contribution < 1.29 is 19.1 Å². The van der Waals surface area contributed by atoms with Gasteiger partial charge in [0.1, 0.15) is 11.9 Å². The number of hydrogen-bond donors (Lipinski definition) is 1. The zero-order valence-corrected chi connectivity index (χ0v) is 28.5. The van der Waals surface area contributed by atoms with Gasteiger partial charge in [0.15, 0.2) is 0 Å². The molecule has 2 aliphatic rings. The van der Waals surface area contributed by atoms with Crippen molar-refractivity contribution in [2.24, 2.45) is 11.8 Å². The molecular formula is C38H52N4O4. The summed E-state index contributed by atoms with van der Waals surface area (Å²) in [6.07, 6.45) is 10.7. The summed E-state index contributed by atoms with van der Waals surface area (Å²) in [6.45, 7) is 10.9. The number of carbonyl (C=O) groups is 2. The van der Waals surface area contributed by atoms with Gasteiger partial charge in [-0.1, -0.05) is 24.3 Å². The Kier molecular flexibility index (Phi) is 11.1. The molecule has 46 heavy (non-hydrogen) atoms. The zero-order valence-electron chi connectivity index (χ0n) is 28.5. The van der Waals surface area contributed by atoms with Crippen molar-refractivity contribution in [3.8, 4) is 16.9 Å². The van der Waals surface area contributed by atoms with Crippen molar-refractivity contribution in [2.75, 3.05) is 18.6 Å². The largest absolute Gasteiger partial charge is 0.496 e. The van der Waals surface area contributed by atoms with Gasteiger partial charge in [-0.25, -0.2) is 4.79 Å². The van der Waals surface area contributed by atoms with Gasteiger partial charge in [0.25, 0.3) is 0 Å². The number of rotatable bonds is 10. The van der Waals surface area contributed by atoms with Crippen molar-refractivity contribution in [3.63, 3.8) is 0 Å². The molecule has 248 valence electrons. The van der Waals surface area contributed by atoms with E-state index in [1.165, 1.54) is 11.1 Å². The fraction of sp³-hybridized carbons (Fsp3) is 0.553. The molecule has 8 heteroatoms. The average molecular weight is 629 g/mol. The van der Waals surface area contributed by atoms with Crippen LogP contribution in [0.25, 0.3) is 11.1 Å². The Morgan fingerprint density at radius 3 is 2.33 bits per heavy atom. The van der Waals surface area contributed by atoms with Crippen LogP contribution in [0.2, 0.25) is 0 Å². The molecule has 0 bridgehead atoms. The van der Waals surface area contributed by atoms with Gasteiger partial charge in [0.2, 0.25) is 5.91 Å². The van der Waals surface area contributed by atoms with Crippen LogP contribution >= 0.6 is 0 Å². The lowest BCUT2D eigenvalue weighted by atomic mass is 9.78. The van der Waals surface area contributed by atoms with E-state index >= 15 is 0 Å². The number of anilines is 1. The van der Waals surface area contributed by atoms with Crippen molar-refractivity contribution in [3.05, 3.63) is 66.0 Å². The molecule has 0 radical (unpaired) electrons. The first kappa shape index (κ1) is 33.6. The van der Waals surface area contributed by atoms with Crippen LogP contribution in [0.3, 0.4) is 0 Å². The van der Waals surface area contributed by atoms with E-state index in [1.807, 2.05) is 24.7 Å². The molecular weight excluding hydrogens is 576 g/mol. The summed E-state index contributed by atoms with van der Waals surface area (Å²) in [5.74, 6) is 2.01. The van der Waals surface area contributed by atoms with Crippen LogP contribution in [0, 0.1) is 18.8 Å². The summed E-state index contributed by atoms with van der Waals surface area (Å²) < 4.78 is 13.1. The SMILES string of the molecule is COc1ccc(C2CCC(CN(C(=O)C3CCC(OC(=O)NC(C)C)CC3)c3cccc(-c4cnn(C(C)C)c4)c3)CC2)cc1C. The van der Waals surface area contributed by atoms with Crippen LogP contribution in [-0.2, 0) is 9.53 Å². The first-order valence-electron chi connectivity index (χ1n) is 17.2. The van der Waals surface area contributed by atoms with Crippen LogP contribution in [0.5, 0.6) is 5.75 Å². The van der Waals surface area contributed by atoms with E-state index in [1.54, 1.807) is 7.11 Å². The quantitative estimate of drug-likeness (QED) is 0.244. The van der Waals surface area contributed by atoms with E-state index in [4.69, 9.17) is 9.47 Å². The summed E-state index contributed by atoms with van der Waals surface area (Å²) in [5, 5.41) is 7.36. The highest BCUT2D eigenvalue weighted by molar-refractivity contribution is 5.95. The predicted octanol–water partition coefficient (Wildman–Crippen LogP) is 8.45. The molecule has 0 unspecified atom stereocenters. The Morgan fingerprint density at radius 2 is 1.70 bits per heavy atom. The number of ether oxygens (including phenoxy) is 2. The average Bonchev–Trinajstić information content (AvgIpc) is 3.55. The third kappa shape index (κ3) is 8.31. The molecule has 0 aliphatic heterocycles. The van der Waals surface area contributed by atoms with E-state index in [0.29, 0.717) is 24.7 Å². The monoisotopic (exact) mass is 628 g/mol. The first-order valence-corrected chi connectivity index (χ1v) is 17.2. The highest BCUT2D eigenvalue weighted by atomic mass is 16.6.